The first-order chi connectivity index (χ1) is 19.0. The van der Waals surface area contributed by atoms with Crippen LogP contribution >= 0.6 is 0 Å². The number of rotatable bonds is 7. The zero-order chi connectivity index (χ0) is 29.0. The van der Waals surface area contributed by atoms with Crippen molar-refractivity contribution >= 4 is 17.8 Å². The number of nitrogens with one attached hydrogen (secondary N) is 1. The van der Waals surface area contributed by atoms with Crippen molar-refractivity contribution in [3.63, 3.8) is 0 Å². The number of pyridine rings is 1. The first kappa shape index (κ1) is 29.1. The highest BCUT2D eigenvalue weighted by Crippen LogP contribution is 2.33. The fourth-order valence-corrected chi connectivity index (χ4v) is 4.36. The molecule has 0 bridgehead atoms. The average Bonchev–Trinajstić information content (AvgIpc) is 3.75. The minimum absolute atomic E-state index is 0.00786. The third-order valence-electron chi connectivity index (χ3n) is 6.70. The predicted molar refractivity (Wildman–Crippen MR) is 131 cm³/mol. The molecule has 1 aliphatic heterocycles. The van der Waals surface area contributed by atoms with Crippen LogP contribution < -0.4 is 10.1 Å². The minimum atomic E-state index is -4.48. The number of aromatic hydroxyl groups is 1. The first-order valence-corrected chi connectivity index (χ1v) is 12.7. The molecule has 2 aliphatic rings. The Bertz CT molecular complexity index is 1230. The minimum Gasteiger partial charge on any atom is -0.503 e. The number of benzene rings is 1. The van der Waals surface area contributed by atoms with E-state index in [4.69, 9.17) is 18.9 Å². The number of amides is 1. The molecule has 1 amide bonds. The van der Waals surface area contributed by atoms with Crippen molar-refractivity contribution in [3.8, 4) is 11.5 Å². The zero-order valence-electron chi connectivity index (χ0n) is 21.8. The second kappa shape index (κ2) is 12.1. The highest BCUT2D eigenvalue weighted by molar-refractivity contribution is 5.98. The van der Waals surface area contributed by atoms with E-state index in [0.717, 1.165) is 12.1 Å². The summed E-state index contributed by atoms with van der Waals surface area (Å²) in [6.07, 6.45) is -3.64. The Balaban J connectivity index is 1.53. The van der Waals surface area contributed by atoms with Crippen molar-refractivity contribution in [1.29, 1.82) is 0 Å². The van der Waals surface area contributed by atoms with E-state index in [9.17, 15) is 32.7 Å². The Hall–Kier alpha value is -3.87. The summed E-state index contributed by atoms with van der Waals surface area (Å²) >= 11 is 0. The molecule has 4 rings (SSSR count). The van der Waals surface area contributed by atoms with E-state index in [0.29, 0.717) is 18.4 Å². The van der Waals surface area contributed by atoms with E-state index in [-0.39, 0.29) is 37.0 Å². The summed E-state index contributed by atoms with van der Waals surface area (Å²) in [4.78, 5) is 42.2. The van der Waals surface area contributed by atoms with Crippen molar-refractivity contribution in [1.82, 2.24) is 10.3 Å². The fourth-order valence-electron chi connectivity index (χ4n) is 4.36. The summed E-state index contributed by atoms with van der Waals surface area (Å²) in [5, 5.41) is 12.7. The molecule has 2 fully saturated rings. The van der Waals surface area contributed by atoms with E-state index < -0.39 is 59.5 Å². The van der Waals surface area contributed by atoms with E-state index in [1.807, 2.05) is 0 Å². The lowest BCUT2D eigenvalue weighted by molar-refractivity contribution is -0.172. The number of ether oxygens (including phenoxy) is 4. The van der Waals surface area contributed by atoms with Gasteiger partial charge >= 0.3 is 18.1 Å². The van der Waals surface area contributed by atoms with Gasteiger partial charge in [0.05, 0.1) is 31.8 Å². The Labute approximate surface area is 227 Å². The molecule has 0 radical (unpaired) electrons. The highest BCUT2D eigenvalue weighted by Gasteiger charge is 2.41. The van der Waals surface area contributed by atoms with Crippen LogP contribution in [-0.2, 0) is 36.4 Å². The largest absolute Gasteiger partial charge is 0.503 e. The second-order valence-electron chi connectivity index (χ2n) is 9.75. The van der Waals surface area contributed by atoms with E-state index in [1.165, 1.54) is 38.4 Å². The lowest BCUT2D eigenvalue weighted by Gasteiger charge is -2.30. The Kier molecular flexibility index (Phi) is 8.82. The molecule has 13 heteroatoms. The summed E-state index contributed by atoms with van der Waals surface area (Å²) in [6, 6.07) is 4.66. The van der Waals surface area contributed by atoms with Gasteiger partial charge in [-0.25, -0.2) is 9.78 Å². The van der Waals surface area contributed by atoms with Crippen molar-refractivity contribution in [2.24, 2.45) is 11.8 Å². The summed E-state index contributed by atoms with van der Waals surface area (Å²) in [5.74, 6) is -3.55. The lowest BCUT2D eigenvalue weighted by atomic mass is 9.91. The van der Waals surface area contributed by atoms with Gasteiger partial charge in [-0.2, -0.15) is 13.2 Å². The smallest absolute Gasteiger partial charge is 0.416 e. The molecule has 216 valence electrons. The number of esters is 2. The van der Waals surface area contributed by atoms with Gasteiger partial charge < -0.3 is 29.4 Å². The van der Waals surface area contributed by atoms with Crippen LogP contribution in [0.1, 0.15) is 41.4 Å². The number of nitrogens with zero attached hydrogens (tertiary/aromatic N) is 1. The monoisotopic (exact) mass is 566 g/mol. The molecule has 4 atom stereocenters. The molecular weight excluding hydrogens is 537 g/mol. The SMILES string of the molecule is COc1ccnc(C(=O)NC2COCC(Cc3ccc(C(F)(F)F)cc3)C(OC(=O)C3CC3)C(C)OC2=O)c1O. The average molecular weight is 567 g/mol. The molecule has 2 heterocycles. The van der Waals surface area contributed by atoms with Gasteiger partial charge in [-0.3, -0.25) is 9.59 Å². The molecule has 10 nitrogen and oxygen atoms in total. The van der Waals surface area contributed by atoms with Crippen LogP contribution in [0.25, 0.3) is 0 Å². The third kappa shape index (κ3) is 7.00. The van der Waals surface area contributed by atoms with Gasteiger partial charge in [0, 0.05) is 18.2 Å². The number of carbonyl (C=O) groups excluding carboxylic acids is 3. The highest BCUT2D eigenvalue weighted by atomic mass is 19.4. The molecular formula is C27H29F3N2O8. The molecule has 1 saturated heterocycles. The summed E-state index contributed by atoms with van der Waals surface area (Å²) < 4.78 is 61.1. The number of methoxy groups -OCH3 is 1. The van der Waals surface area contributed by atoms with Crippen LogP contribution in [0.3, 0.4) is 0 Å². The quantitative estimate of drug-likeness (QED) is 0.485. The summed E-state index contributed by atoms with van der Waals surface area (Å²) in [6.45, 7) is 1.15. The van der Waals surface area contributed by atoms with Gasteiger partial charge in [0.1, 0.15) is 12.2 Å². The lowest BCUT2D eigenvalue weighted by Crippen LogP contribution is -2.46. The van der Waals surface area contributed by atoms with E-state index in [2.05, 4.69) is 10.3 Å². The molecule has 40 heavy (non-hydrogen) atoms. The van der Waals surface area contributed by atoms with Gasteiger partial charge in [-0.15, -0.1) is 0 Å². The molecule has 1 aromatic heterocycles. The van der Waals surface area contributed by atoms with Crippen LogP contribution in [0.2, 0.25) is 0 Å². The van der Waals surface area contributed by atoms with Crippen molar-refractivity contribution < 1.29 is 51.6 Å². The summed E-state index contributed by atoms with van der Waals surface area (Å²) in [5.41, 5.74) is -0.635. The van der Waals surface area contributed by atoms with Crippen molar-refractivity contribution in [2.75, 3.05) is 20.3 Å². The molecule has 1 aromatic carbocycles. The van der Waals surface area contributed by atoms with Gasteiger partial charge in [0.15, 0.2) is 23.2 Å². The molecule has 4 unspecified atom stereocenters. The van der Waals surface area contributed by atoms with E-state index in [1.54, 1.807) is 0 Å². The third-order valence-corrected chi connectivity index (χ3v) is 6.70. The Morgan fingerprint density at radius 2 is 1.85 bits per heavy atom. The van der Waals surface area contributed by atoms with Gasteiger partial charge in [-0.1, -0.05) is 12.1 Å². The van der Waals surface area contributed by atoms with Gasteiger partial charge in [0.2, 0.25) is 0 Å². The predicted octanol–water partition coefficient (Wildman–Crippen LogP) is 3.06. The normalized spacial score (nSPS) is 23.7. The number of hydrogen-bond donors (Lipinski definition) is 2. The molecule has 0 spiro atoms. The maximum absolute atomic E-state index is 13.0. The number of alkyl halides is 3. The number of carbonyl (C=O) groups is 3. The molecule has 2 aromatic rings. The molecule has 2 N–H and O–H groups in total. The topological polar surface area (TPSA) is 133 Å². The maximum Gasteiger partial charge on any atom is 0.416 e. The van der Waals surface area contributed by atoms with Crippen molar-refractivity contribution in [3.05, 3.63) is 53.3 Å². The fraction of sp³-hybridized carbons (Fsp3) is 0.481. The van der Waals surface area contributed by atoms with Crippen LogP contribution in [0, 0.1) is 11.8 Å². The Morgan fingerprint density at radius 3 is 2.48 bits per heavy atom. The van der Waals surface area contributed by atoms with Gasteiger partial charge in [0.25, 0.3) is 5.91 Å². The standard InChI is InChI=1S/C27H29F3N2O8/c1-14-23(40-25(35)16-5-6-16)17(11-15-3-7-18(8-4-15)27(28,29)30)12-38-13-19(26(36)39-14)32-24(34)21-22(33)20(37-2)9-10-31-21/h3-4,7-10,14,16-17,19,23,33H,5-6,11-13H2,1-2H3,(H,32,34). The maximum atomic E-state index is 13.0. The first-order valence-electron chi connectivity index (χ1n) is 12.7. The van der Waals surface area contributed by atoms with Crippen molar-refractivity contribution in [2.45, 2.75) is 50.6 Å². The van der Waals surface area contributed by atoms with Crippen LogP contribution in [0.15, 0.2) is 36.5 Å². The summed E-state index contributed by atoms with van der Waals surface area (Å²) in [7, 11) is 1.30. The molecule has 1 saturated carbocycles. The number of halogens is 3. The number of aromatic nitrogens is 1. The van der Waals surface area contributed by atoms with Crippen LogP contribution in [0.4, 0.5) is 13.2 Å². The zero-order valence-corrected chi connectivity index (χ0v) is 21.8. The van der Waals surface area contributed by atoms with Crippen LogP contribution in [0.5, 0.6) is 11.5 Å². The van der Waals surface area contributed by atoms with Crippen LogP contribution in [-0.4, -0.2) is 66.5 Å². The Morgan fingerprint density at radius 1 is 1.15 bits per heavy atom. The number of cyclic esters (lactones) is 1. The molecule has 1 aliphatic carbocycles. The van der Waals surface area contributed by atoms with E-state index >= 15 is 0 Å². The second-order valence-corrected chi connectivity index (χ2v) is 9.75. The number of hydrogen-bond acceptors (Lipinski definition) is 9. The van der Waals surface area contributed by atoms with Gasteiger partial charge in [-0.05, 0) is 43.9 Å².